The summed E-state index contributed by atoms with van der Waals surface area (Å²) in [5.74, 6) is -1.05. The first kappa shape index (κ1) is 14.2. The van der Waals surface area contributed by atoms with Crippen molar-refractivity contribution in [3.63, 3.8) is 0 Å². The minimum absolute atomic E-state index is 0.0143. The van der Waals surface area contributed by atoms with Crippen LogP contribution in [0.2, 0.25) is 5.15 Å². The van der Waals surface area contributed by atoms with Crippen LogP contribution in [-0.4, -0.2) is 16.6 Å². The molecule has 1 aromatic rings. The molecule has 0 aromatic carbocycles. The van der Waals surface area contributed by atoms with Crippen molar-refractivity contribution in [2.75, 3.05) is 0 Å². The Kier molecular flexibility index (Phi) is 3.56. The second kappa shape index (κ2) is 5.24. The summed E-state index contributed by atoms with van der Waals surface area (Å²) in [6, 6.07) is 3.09. The van der Waals surface area contributed by atoms with Crippen molar-refractivity contribution in [3.8, 4) is 0 Å². The highest BCUT2D eigenvalue weighted by molar-refractivity contribution is 6.53. The van der Waals surface area contributed by atoms with Gasteiger partial charge in [-0.2, -0.15) is 0 Å². The number of aromatic nitrogens is 1. The van der Waals surface area contributed by atoms with Crippen LogP contribution < -0.4 is 0 Å². The molecule has 1 unspecified atom stereocenters. The SMILES string of the molecule is CC1CC=C(Cl)C=CC2=C1c1nc(Cl)ccc1C(=O)C2=O. The Balaban J connectivity index is 2.31. The Morgan fingerprint density at radius 2 is 1.90 bits per heavy atom. The van der Waals surface area contributed by atoms with Gasteiger partial charge in [0.1, 0.15) is 5.15 Å². The van der Waals surface area contributed by atoms with E-state index < -0.39 is 11.6 Å². The lowest BCUT2D eigenvalue weighted by atomic mass is 9.79. The Hall–Kier alpha value is -1.71. The van der Waals surface area contributed by atoms with Gasteiger partial charge in [0.05, 0.1) is 11.3 Å². The Morgan fingerprint density at radius 1 is 1.14 bits per heavy atom. The topological polar surface area (TPSA) is 47.0 Å². The summed E-state index contributed by atoms with van der Waals surface area (Å²) in [6.07, 6.45) is 5.77. The Morgan fingerprint density at radius 3 is 2.67 bits per heavy atom. The van der Waals surface area contributed by atoms with Crippen molar-refractivity contribution in [2.24, 2.45) is 5.92 Å². The monoisotopic (exact) mass is 319 g/mol. The van der Waals surface area contributed by atoms with E-state index >= 15 is 0 Å². The predicted octanol–water partition coefficient (Wildman–Crippen LogP) is 3.97. The van der Waals surface area contributed by atoms with E-state index in [0.29, 0.717) is 33.4 Å². The third-order valence-electron chi connectivity index (χ3n) is 3.67. The van der Waals surface area contributed by atoms with Gasteiger partial charge in [-0.05, 0) is 42.2 Å². The molecule has 1 atom stereocenters. The highest BCUT2D eigenvalue weighted by Crippen LogP contribution is 2.37. The van der Waals surface area contributed by atoms with Crippen LogP contribution in [0.1, 0.15) is 29.4 Å². The lowest BCUT2D eigenvalue weighted by Gasteiger charge is -2.24. The van der Waals surface area contributed by atoms with Crippen LogP contribution in [0.25, 0.3) is 5.57 Å². The number of ketones is 2. The zero-order valence-corrected chi connectivity index (χ0v) is 12.7. The van der Waals surface area contributed by atoms with E-state index in [1.54, 1.807) is 18.2 Å². The zero-order valence-electron chi connectivity index (χ0n) is 11.2. The molecule has 0 saturated heterocycles. The molecule has 21 heavy (non-hydrogen) atoms. The fourth-order valence-electron chi connectivity index (χ4n) is 2.62. The van der Waals surface area contributed by atoms with Gasteiger partial charge in [0.2, 0.25) is 11.6 Å². The predicted molar refractivity (Wildman–Crippen MR) is 82.4 cm³/mol. The zero-order chi connectivity index (χ0) is 15.1. The Bertz CT molecular complexity index is 760. The van der Waals surface area contributed by atoms with Gasteiger partial charge in [0, 0.05) is 10.6 Å². The summed E-state index contributed by atoms with van der Waals surface area (Å²) in [5, 5.41) is 0.855. The highest BCUT2D eigenvalue weighted by atomic mass is 35.5. The van der Waals surface area contributed by atoms with E-state index in [0.717, 1.165) is 5.57 Å². The molecule has 0 bridgehead atoms. The summed E-state index contributed by atoms with van der Waals surface area (Å²) in [7, 11) is 0. The van der Waals surface area contributed by atoms with Gasteiger partial charge in [-0.15, -0.1) is 0 Å². The first-order chi connectivity index (χ1) is 9.99. The molecule has 106 valence electrons. The molecule has 0 amide bonds. The number of Topliss-reactive ketones (excluding diaryl/α,β-unsaturated/α-hetero) is 2. The van der Waals surface area contributed by atoms with E-state index in [4.69, 9.17) is 23.2 Å². The summed E-state index contributed by atoms with van der Waals surface area (Å²) in [6.45, 7) is 1.98. The van der Waals surface area contributed by atoms with Crippen molar-refractivity contribution < 1.29 is 9.59 Å². The maximum Gasteiger partial charge on any atom is 0.235 e. The third-order valence-corrected chi connectivity index (χ3v) is 4.16. The smallest absolute Gasteiger partial charge is 0.235 e. The third kappa shape index (κ3) is 2.37. The lowest BCUT2D eigenvalue weighted by Crippen LogP contribution is -2.26. The molecule has 0 fully saturated rings. The van der Waals surface area contributed by atoms with Crippen LogP contribution in [-0.2, 0) is 4.79 Å². The minimum atomic E-state index is -0.551. The summed E-state index contributed by atoms with van der Waals surface area (Å²) < 4.78 is 0. The standard InChI is InChI=1S/C16H11Cl2NO2/c1-8-2-3-9(17)4-5-10-13(8)14-11(16(21)15(10)20)6-7-12(18)19-14/h3-8H,2H2,1H3. The summed E-state index contributed by atoms with van der Waals surface area (Å²) in [5.41, 5.74) is 1.94. The second-order valence-corrected chi connectivity index (χ2v) is 5.90. The molecule has 2 aliphatic carbocycles. The number of hydrogen-bond acceptors (Lipinski definition) is 3. The van der Waals surface area contributed by atoms with Gasteiger partial charge in [0.25, 0.3) is 0 Å². The van der Waals surface area contributed by atoms with Crippen LogP contribution >= 0.6 is 23.2 Å². The van der Waals surface area contributed by atoms with E-state index in [9.17, 15) is 9.59 Å². The first-order valence-corrected chi connectivity index (χ1v) is 7.28. The molecule has 1 aromatic heterocycles. The number of halogens is 2. The number of nitrogens with zero attached hydrogens (tertiary/aromatic N) is 1. The molecule has 3 rings (SSSR count). The molecule has 0 saturated carbocycles. The van der Waals surface area contributed by atoms with Crippen LogP contribution in [0.5, 0.6) is 0 Å². The van der Waals surface area contributed by atoms with Gasteiger partial charge < -0.3 is 0 Å². The minimum Gasteiger partial charge on any atom is -0.285 e. The number of pyridine rings is 1. The second-order valence-electron chi connectivity index (χ2n) is 5.07. The molecule has 0 aliphatic heterocycles. The van der Waals surface area contributed by atoms with Crippen molar-refractivity contribution in [1.82, 2.24) is 4.98 Å². The molecule has 2 aliphatic rings. The van der Waals surface area contributed by atoms with Crippen molar-refractivity contribution >= 4 is 40.3 Å². The first-order valence-electron chi connectivity index (χ1n) is 6.53. The van der Waals surface area contributed by atoms with Crippen LogP contribution in [0, 0.1) is 5.92 Å². The molecular formula is C16H11Cl2NO2. The lowest BCUT2D eigenvalue weighted by molar-refractivity contribution is -0.111. The molecule has 1 heterocycles. The van der Waals surface area contributed by atoms with Crippen molar-refractivity contribution in [2.45, 2.75) is 13.3 Å². The van der Waals surface area contributed by atoms with Gasteiger partial charge in [-0.25, -0.2) is 4.98 Å². The van der Waals surface area contributed by atoms with E-state index in [2.05, 4.69) is 4.98 Å². The van der Waals surface area contributed by atoms with Gasteiger partial charge in [0.15, 0.2) is 0 Å². The number of rotatable bonds is 0. The molecule has 0 N–H and O–H groups in total. The van der Waals surface area contributed by atoms with Crippen molar-refractivity contribution in [1.29, 1.82) is 0 Å². The molecule has 0 radical (unpaired) electrons. The number of fused-ring (bicyclic) bond motifs is 2. The number of allylic oxidation sites excluding steroid dienone is 6. The largest absolute Gasteiger partial charge is 0.285 e. The number of carbonyl (C=O) groups is 2. The summed E-state index contributed by atoms with van der Waals surface area (Å²) >= 11 is 12.0. The quantitative estimate of drug-likeness (QED) is 0.537. The maximum atomic E-state index is 12.3. The fourth-order valence-corrected chi connectivity index (χ4v) is 2.92. The average Bonchev–Trinajstić information content (AvgIpc) is 2.45. The molecule has 5 heteroatoms. The number of hydrogen-bond donors (Lipinski definition) is 0. The molecule has 0 spiro atoms. The Labute approximate surface area is 132 Å². The fraction of sp³-hybridized carbons (Fsp3) is 0.188. The van der Waals surface area contributed by atoms with Crippen molar-refractivity contribution in [3.05, 3.63) is 57.4 Å². The molecule has 3 nitrogen and oxygen atoms in total. The van der Waals surface area contributed by atoms with E-state index in [-0.39, 0.29) is 5.92 Å². The van der Waals surface area contributed by atoms with E-state index in [1.165, 1.54) is 6.07 Å². The average molecular weight is 320 g/mol. The molecular weight excluding hydrogens is 309 g/mol. The van der Waals surface area contributed by atoms with E-state index in [1.807, 2.05) is 13.0 Å². The highest BCUT2D eigenvalue weighted by Gasteiger charge is 2.34. The van der Waals surface area contributed by atoms with Gasteiger partial charge in [-0.3, -0.25) is 9.59 Å². The number of carbonyl (C=O) groups excluding carboxylic acids is 2. The van der Waals surface area contributed by atoms with Gasteiger partial charge in [-0.1, -0.05) is 36.2 Å². The van der Waals surface area contributed by atoms with Crippen LogP contribution in [0.15, 0.2) is 41.0 Å². The summed E-state index contributed by atoms with van der Waals surface area (Å²) in [4.78, 5) is 28.8. The maximum absolute atomic E-state index is 12.3. The normalized spacial score (nSPS) is 21.5. The van der Waals surface area contributed by atoms with Crippen LogP contribution in [0.4, 0.5) is 0 Å². The van der Waals surface area contributed by atoms with Gasteiger partial charge >= 0.3 is 0 Å². The van der Waals surface area contributed by atoms with Crippen LogP contribution in [0.3, 0.4) is 0 Å².